The van der Waals surface area contributed by atoms with Crippen molar-refractivity contribution in [1.82, 2.24) is 15.1 Å². The highest BCUT2D eigenvalue weighted by molar-refractivity contribution is 5.96. The van der Waals surface area contributed by atoms with Gasteiger partial charge in [0.05, 0.1) is 6.42 Å². The van der Waals surface area contributed by atoms with E-state index in [0.717, 1.165) is 10.9 Å². The maximum absolute atomic E-state index is 12.8. The molecule has 2 N–H and O–H groups in total. The van der Waals surface area contributed by atoms with Crippen LogP contribution < -0.4 is 10.6 Å². The molecule has 160 valence electrons. The number of rotatable bonds is 4. The molecule has 8 heteroatoms. The molecular formula is C23H24N4O4. The molecule has 0 unspecified atom stereocenters. The number of anilines is 1. The van der Waals surface area contributed by atoms with Crippen LogP contribution in [0.15, 0.2) is 59.0 Å². The number of fused-ring (bicyclic) bond motifs is 1. The second-order valence-electron chi connectivity index (χ2n) is 7.36. The van der Waals surface area contributed by atoms with Crippen molar-refractivity contribution < 1.29 is 18.8 Å². The van der Waals surface area contributed by atoms with Crippen molar-refractivity contribution in [2.75, 3.05) is 38.5 Å². The molecule has 3 aromatic rings. The Morgan fingerprint density at radius 1 is 0.935 bits per heavy atom. The summed E-state index contributed by atoms with van der Waals surface area (Å²) in [6.45, 7) is 1.66. The number of piperazine rings is 1. The third-order valence-electron chi connectivity index (χ3n) is 5.38. The molecule has 1 aromatic heterocycles. The van der Waals surface area contributed by atoms with E-state index >= 15 is 0 Å². The first-order valence-corrected chi connectivity index (χ1v) is 10.2. The molecule has 1 aliphatic heterocycles. The first-order valence-electron chi connectivity index (χ1n) is 10.2. The molecule has 0 aliphatic carbocycles. The molecular weight excluding hydrogens is 396 g/mol. The molecule has 2 aromatic carbocycles. The summed E-state index contributed by atoms with van der Waals surface area (Å²) in [5, 5.41) is 6.36. The van der Waals surface area contributed by atoms with Gasteiger partial charge in [0.2, 0.25) is 5.91 Å². The minimum atomic E-state index is -0.250. The summed E-state index contributed by atoms with van der Waals surface area (Å²) in [5.41, 5.74) is 2.03. The number of hydrogen-bond acceptors (Lipinski definition) is 4. The van der Waals surface area contributed by atoms with Gasteiger partial charge in [0.15, 0.2) is 5.76 Å². The van der Waals surface area contributed by atoms with Crippen molar-refractivity contribution in [2.45, 2.75) is 6.42 Å². The first kappa shape index (κ1) is 20.5. The number of carbonyl (C=O) groups excluding carboxylic acids is 3. The van der Waals surface area contributed by atoms with Gasteiger partial charge in [-0.05, 0) is 23.8 Å². The Kier molecular flexibility index (Phi) is 5.88. The van der Waals surface area contributed by atoms with Gasteiger partial charge in [-0.15, -0.1) is 0 Å². The van der Waals surface area contributed by atoms with E-state index in [2.05, 4.69) is 10.6 Å². The van der Waals surface area contributed by atoms with Crippen LogP contribution in [0.1, 0.15) is 16.1 Å². The van der Waals surface area contributed by atoms with Gasteiger partial charge in [-0.1, -0.05) is 36.4 Å². The average molecular weight is 420 g/mol. The van der Waals surface area contributed by atoms with E-state index < -0.39 is 0 Å². The van der Waals surface area contributed by atoms with Gasteiger partial charge >= 0.3 is 6.03 Å². The normalized spacial score (nSPS) is 13.8. The molecule has 0 spiro atoms. The van der Waals surface area contributed by atoms with Crippen LogP contribution in [-0.4, -0.2) is 60.9 Å². The topological polar surface area (TPSA) is 94.9 Å². The standard InChI is InChI=1S/C23H24N4O4/c1-24-21(28)15-16-6-2-4-8-18(16)25-23(30)27-12-10-26(11-13-27)22(29)20-14-17-7-3-5-9-19(17)31-20/h2-9,14H,10-13,15H2,1H3,(H,24,28)(H,25,30). The number of amides is 4. The molecule has 0 bridgehead atoms. The second kappa shape index (κ2) is 8.91. The van der Waals surface area contributed by atoms with Gasteiger partial charge in [-0.2, -0.15) is 0 Å². The molecule has 4 rings (SSSR count). The van der Waals surface area contributed by atoms with E-state index in [0.29, 0.717) is 43.2 Å². The van der Waals surface area contributed by atoms with Crippen molar-refractivity contribution in [1.29, 1.82) is 0 Å². The molecule has 0 saturated carbocycles. The van der Waals surface area contributed by atoms with E-state index in [1.807, 2.05) is 42.5 Å². The van der Waals surface area contributed by atoms with Gasteiger partial charge in [-0.3, -0.25) is 9.59 Å². The molecule has 1 fully saturated rings. The highest BCUT2D eigenvalue weighted by atomic mass is 16.3. The predicted molar refractivity (Wildman–Crippen MR) is 117 cm³/mol. The Morgan fingerprint density at radius 2 is 1.61 bits per heavy atom. The third-order valence-corrected chi connectivity index (χ3v) is 5.38. The fourth-order valence-electron chi connectivity index (χ4n) is 3.61. The Balaban J connectivity index is 1.36. The number of nitrogens with zero attached hydrogens (tertiary/aromatic N) is 2. The van der Waals surface area contributed by atoms with Crippen LogP contribution in [0.25, 0.3) is 11.0 Å². The lowest BCUT2D eigenvalue weighted by atomic mass is 10.1. The summed E-state index contributed by atoms with van der Waals surface area (Å²) < 4.78 is 5.67. The van der Waals surface area contributed by atoms with Gasteiger partial charge in [-0.25, -0.2) is 4.79 Å². The van der Waals surface area contributed by atoms with E-state index in [9.17, 15) is 14.4 Å². The van der Waals surface area contributed by atoms with Crippen molar-refractivity contribution >= 4 is 34.5 Å². The number of para-hydroxylation sites is 2. The minimum absolute atomic E-state index is 0.126. The number of benzene rings is 2. The molecule has 31 heavy (non-hydrogen) atoms. The van der Waals surface area contributed by atoms with Crippen LogP contribution in [0.4, 0.5) is 10.5 Å². The number of likely N-dealkylation sites (N-methyl/N-ethyl adjacent to an activating group) is 1. The van der Waals surface area contributed by atoms with Crippen LogP contribution in [0, 0.1) is 0 Å². The number of furan rings is 1. The zero-order valence-electron chi connectivity index (χ0n) is 17.3. The summed E-state index contributed by atoms with van der Waals surface area (Å²) in [5.74, 6) is 0.00817. The van der Waals surface area contributed by atoms with Crippen LogP contribution in [0.2, 0.25) is 0 Å². The fourth-order valence-corrected chi connectivity index (χ4v) is 3.61. The molecule has 8 nitrogen and oxygen atoms in total. The van der Waals surface area contributed by atoms with Gasteiger partial charge in [0.25, 0.3) is 5.91 Å². The zero-order chi connectivity index (χ0) is 21.8. The molecule has 0 radical (unpaired) electrons. The van der Waals surface area contributed by atoms with Crippen LogP contribution in [-0.2, 0) is 11.2 Å². The summed E-state index contributed by atoms with van der Waals surface area (Å²) in [4.78, 5) is 40.6. The Bertz CT molecular complexity index is 1080. The van der Waals surface area contributed by atoms with Crippen LogP contribution in [0.5, 0.6) is 0 Å². The summed E-state index contributed by atoms with van der Waals surface area (Å²) in [6.07, 6.45) is 0.187. The summed E-state index contributed by atoms with van der Waals surface area (Å²) in [6, 6.07) is 16.2. The maximum Gasteiger partial charge on any atom is 0.321 e. The van der Waals surface area contributed by atoms with Crippen molar-refractivity contribution in [3.05, 3.63) is 65.9 Å². The smallest absolute Gasteiger partial charge is 0.321 e. The van der Waals surface area contributed by atoms with Crippen LogP contribution >= 0.6 is 0 Å². The second-order valence-corrected chi connectivity index (χ2v) is 7.36. The number of hydrogen-bond donors (Lipinski definition) is 2. The predicted octanol–water partition coefficient (Wildman–Crippen LogP) is 2.71. The fraction of sp³-hybridized carbons (Fsp3) is 0.261. The molecule has 2 heterocycles. The molecule has 4 amide bonds. The largest absolute Gasteiger partial charge is 0.451 e. The lowest BCUT2D eigenvalue weighted by Gasteiger charge is -2.34. The Labute approximate surface area is 179 Å². The molecule has 0 atom stereocenters. The lowest BCUT2D eigenvalue weighted by Crippen LogP contribution is -2.51. The lowest BCUT2D eigenvalue weighted by molar-refractivity contribution is -0.119. The highest BCUT2D eigenvalue weighted by Crippen LogP contribution is 2.21. The maximum atomic E-state index is 12.8. The van der Waals surface area contributed by atoms with Gasteiger partial charge in [0, 0.05) is 44.3 Å². The Hall–Kier alpha value is -3.81. The summed E-state index contributed by atoms with van der Waals surface area (Å²) >= 11 is 0. The quantitative estimate of drug-likeness (QED) is 0.679. The van der Waals surface area contributed by atoms with Crippen molar-refractivity contribution in [3.8, 4) is 0 Å². The monoisotopic (exact) mass is 420 g/mol. The number of nitrogens with one attached hydrogen (secondary N) is 2. The SMILES string of the molecule is CNC(=O)Cc1ccccc1NC(=O)N1CCN(C(=O)c2cc3ccccc3o2)CC1. The van der Waals surface area contributed by atoms with E-state index in [-0.39, 0.29) is 24.3 Å². The van der Waals surface area contributed by atoms with E-state index in [1.165, 1.54) is 0 Å². The van der Waals surface area contributed by atoms with Gasteiger partial charge < -0.3 is 24.9 Å². The van der Waals surface area contributed by atoms with E-state index in [4.69, 9.17) is 4.42 Å². The minimum Gasteiger partial charge on any atom is -0.451 e. The highest BCUT2D eigenvalue weighted by Gasteiger charge is 2.27. The van der Waals surface area contributed by atoms with Crippen molar-refractivity contribution in [2.24, 2.45) is 0 Å². The number of carbonyl (C=O) groups is 3. The molecule has 1 aliphatic rings. The molecule has 1 saturated heterocycles. The van der Waals surface area contributed by atoms with Crippen molar-refractivity contribution in [3.63, 3.8) is 0 Å². The van der Waals surface area contributed by atoms with Gasteiger partial charge in [0.1, 0.15) is 5.58 Å². The van der Waals surface area contributed by atoms with Crippen LogP contribution in [0.3, 0.4) is 0 Å². The Morgan fingerprint density at radius 3 is 2.35 bits per heavy atom. The third kappa shape index (κ3) is 4.53. The number of urea groups is 1. The first-order chi connectivity index (χ1) is 15.0. The van der Waals surface area contributed by atoms with E-state index in [1.54, 1.807) is 29.0 Å². The summed E-state index contributed by atoms with van der Waals surface area (Å²) in [7, 11) is 1.58. The zero-order valence-corrected chi connectivity index (χ0v) is 17.3. The average Bonchev–Trinajstić information content (AvgIpc) is 3.24.